The standard InChI is InChI=1S/C21H22N4O4S/c1-28-15-2-4-16(5-3-15)29-13-19(27)25-9-6-14(7-10-25)20-23-17(12-18(26)24-20)21-22-8-11-30-21/h2-5,8,11-12,14H,6-7,9-10,13H2,1H3,(H,23,24,26). The van der Waals surface area contributed by atoms with E-state index in [-0.39, 0.29) is 24.0 Å². The van der Waals surface area contributed by atoms with E-state index in [4.69, 9.17) is 9.47 Å². The molecule has 0 saturated carbocycles. The summed E-state index contributed by atoms with van der Waals surface area (Å²) in [6.45, 7) is 1.19. The third kappa shape index (κ3) is 4.68. The van der Waals surface area contributed by atoms with Gasteiger partial charge in [0, 0.05) is 36.7 Å². The van der Waals surface area contributed by atoms with Gasteiger partial charge >= 0.3 is 0 Å². The SMILES string of the molecule is COc1ccc(OCC(=O)N2CCC(c3nc(-c4nccs4)cc(=O)[nH]3)CC2)cc1. The van der Waals surface area contributed by atoms with Gasteiger partial charge < -0.3 is 19.4 Å². The Balaban J connectivity index is 1.33. The summed E-state index contributed by atoms with van der Waals surface area (Å²) in [5, 5.41) is 2.58. The highest BCUT2D eigenvalue weighted by Crippen LogP contribution is 2.27. The maximum Gasteiger partial charge on any atom is 0.260 e. The van der Waals surface area contributed by atoms with Gasteiger partial charge in [-0.2, -0.15) is 0 Å². The number of rotatable bonds is 6. The Morgan fingerprint density at radius 1 is 1.23 bits per heavy atom. The number of nitrogens with zero attached hydrogens (tertiary/aromatic N) is 3. The maximum absolute atomic E-state index is 12.5. The van der Waals surface area contributed by atoms with E-state index in [9.17, 15) is 9.59 Å². The summed E-state index contributed by atoms with van der Waals surface area (Å²) in [6, 6.07) is 8.60. The van der Waals surface area contributed by atoms with Crippen LogP contribution in [-0.2, 0) is 4.79 Å². The Morgan fingerprint density at radius 3 is 2.63 bits per heavy atom. The number of piperidine rings is 1. The Morgan fingerprint density at radius 2 is 1.97 bits per heavy atom. The Bertz CT molecular complexity index is 1040. The van der Waals surface area contributed by atoms with E-state index >= 15 is 0 Å². The maximum atomic E-state index is 12.5. The van der Waals surface area contributed by atoms with Gasteiger partial charge in [0.05, 0.1) is 7.11 Å². The fourth-order valence-corrected chi connectivity index (χ4v) is 4.04. The normalized spacial score (nSPS) is 14.5. The summed E-state index contributed by atoms with van der Waals surface area (Å²) >= 11 is 1.45. The second kappa shape index (κ2) is 9.08. The van der Waals surface area contributed by atoms with Crippen molar-refractivity contribution in [3.8, 4) is 22.2 Å². The average Bonchev–Trinajstić information content (AvgIpc) is 3.33. The van der Waals surface area contributed by atoms with Gasteiger partial charge in [0.25, 0.3) is 11.5 Å². The van der Waals surface area contributed by atoms with Crippen molar-refractivity contribution in [2.24, 2.45) is 0 Å². The van der Waals surface area contributed by atoms with Gasteiger partial charge in [-0.15, -0.1) is 11.3 Å². The predicted molar refractivity (Wildman–Crippen MR) is 113 cm³/mol. The van der Waals surface area contributed by atoms with Gasteiger partial charge in [-0.25, -0.2) is 9.97 Å². The van der Waals surface area contributed by atoms with Crippen molar-refractivity contribution in [2.45, 2.75) is 18.8 Å². The van der Waals surface area contributed by atoms with Crippen LogP contribution in [0.15, 0.2) is 46.7 Å². The van der Waals surface area contributed by atoms with Gasteiger partial charge in [-0.1, -0.05) is 0 Å². The number of amides is 1. The molecule has 1 aromatic carbocycles. The van der Waals surface area contributed by atoms with Crippen LogP contribution in [0.1, 0.15) is 24.6 Å². The minimum Gasteiger partial charge on any atom is -0.497 e. The summed E-state index contributed by atoms with van der Waals surface area (Å²) in [7, 11) is 1.60. The van der Waals surface area contributed by atoms with Gasteiger partial charge in [-0.3, -0.25) is 9.59 Å². The number of H-pyrrole nitrogens is 1. The van der Waals surface area contributed by atoms with E-state index in [2.05, 4.69) is 15.0 Å². The second-order valence-electron chi connectivity index (χ2n) is 6.97. The van der Waals surface area contributed by atoms with Crippen molar-refractivity contribution in [1.82, 2.24) is 19.9 Å². The fraction of sp³-hybridized carbons (Fsp3) is 0.333. The van der Waals surface area contributed by atoms with Crippen LogP contribution >= 0.6 is 11.3 Å². The number of aromatic amines is 1. The number of ether oxygens (including phenoxy) is 2. The van der Waals surface area contributed by atoms with Crippen LogP contribution < -0.4 is 15.0 Å². The third-order valence-electron chi connectivity index (χ3n) is 5.07. The molecule has 30 heavy (non-hydrogen) atoms. The summed E-state index contributed by atoms with van der Waals surface area (Å²) in [6.07, 6.45) is 3.16. The predicted octanol–water partition coefficient (Wildman–Crippen LogP) is 2.69. The van der Waals surface area contributed by atoms with Gasteiger partial charge in [-0.05, 0) is 37.1 Å². The van der Waals surface area contributed by atoms with Crippen LogP contribution in [0.4, 0.5) is 0 Å². The average molecular weight is 426 g/mol. The van der Waals surface area contributed by atoms with E-state index in [1.54, 1.807) is 42.5 Å². The van der Waals surface area contributed by atoms with E-state index in [1.165, 1.54) is 17.4 Å². The number of methoxy groups -OCH3 is 1. The number of benzene rings is 1. The van der Waals surface area contributed by atoms with Crippen molar-refractivity contribution >= 4 is 17.2 Å². The van der Waals surface area contributed by atoms with Crippen molar-refractivity contribution in [1.29, 1.82) is 0 Å². The van der Waals surface area contributed by atoms with E-state index in [0.717, 1.165) is 23.6 Å². The van der Waals surface area contributed by atoms with Gasteiger partial charge in [0.15, 0.2) is 6.61 Å². The highest BCUT2D eigenvalue weighted by molar-refractivity contribution is 7.13. The zero-order valence-corrected chi connectivity index (χ0v) is 17.4. The summed E-state index contributed by atoms with van der Waals surface area (Å²) in [5.41, 5.74) is 0.409. The molecule has 1 N–H and O–H groups in total. The molecule has 3 aromatic rings. The van der Waals surface area contributed by atoms with Crippen LogP contribution in [0.3, 0.4) is 0 Å². The molecule has 1 aliphatic heterocycles. The largest absolute Gasteiger partial charge is 0.497 e. The molecule has 1 amide bonds. The number of hydrogen-bond donors (Lipinski definition) is 1. The Hall–Kier alpha value is -3.20. The van der Waals surface area contributed by atoms with Crippen LogP contribution in [0.25, 0.3) is 10.7 Å². The van der Waals surface area contributed by atoms with Gasteiger partial charge in [0.1, 0.15) is 28.0 Å². The molecule has 0 bridgehead atoms. The Labute approximate surface area is 177 Å². The minimum atomic E-state index is -0.184. The Kier molecular flexibility index (Phi) is 6.08. The molecule has 9 heteroatoms. The molecule has 1 fully saturated rings. The highest BCUT2D eigenvalue weighted by atomic mass is 32.1. The summed E-state index contributed by atoms with van der Waals surface area (Å²) in [4.78, 5) is 38.1. The molecule has 3 heterocycles. The van der Waals surface area contributed by atoms with Crippen molar-refractivity contribution < 1.29 is 14.3 Å². The molecule has 4 rings (SSSR count). The van der Waals surface area contributed by atoms with Gasteiger partial charge in [0.2, 0.25) is 0 Å². The van der Waals surface area contributed by atoms with E-state index in [1.807, 2.05) is 5.38 Å². The number of carbonyl (C=O) groups excluding carboxylic acids is 1. The first kappa shape index (κ1) is 20.1. The topological polar surface area (TPSA) is 97.4 Å². The fourth-order valence-electron chi connectivity index (χ4n) is 3.44. The first-order valence-electron chi connectivity index (χ1n) is 9.68. The molecule has 156 valence electrons. The molecule has 1 aliphatic rings. The zero-order valence-electron chi connectivity index (χ0n) is 16.5. The molecule has 8 nitrogen and oxygen atoms in total. The molecule has 0 spiro atoms. The minimum absolute atomic E-state index is 0.00832. The molecule has 0 aliphatic carbocycles. The molecule has 2 aromatic heterocycles. The quantitative estimate of drug-likeness (QED) is 0.651. The smallest absolute Gasteiger partial charge is 0.260 e. The molecular weight excluding hydrogens is 404 g/mol. The second-order valence-corrected chi connectivity index (χ2v) is 7.87. The number of nitrogens with one attached hydrogen (secondary N) is 1. The molecule has 0 atom stereocenters. The lowest BCUT2D eigenvalue weighted by molar-refractivity contribution is -0.134. The number of carbonyl (C=O) groups is 1. The lowest BCUT2D eigenvalue weighted by Crippen LogP contribution is -2.41. The number of likely N-dealkylation sites (tertiary alicyclic amines) is 1. The van der Waals surface area contributed by atoms with Crippen LogP contribution in [0.2, 0.25) is 0 Å². The summed E-state index contributed by atoms with van der Waals surface area (Å²) in [5.74, 6) is 2.07. The third-order valence-corrected chi connectivity index (χ3v) is 5.86. The van der Waals surface area contributed by atoms with E-state index < -0.39 is 0 Å². The van der Waals surface area contributed by atoms with Crippen LogP contribution in [-0.4, -0.2) is 52.6 Å². The monoisotopic (exact) mass is 426 g/mol. The number of aromatic nitrogens is 3. The number of hydrogen-bond acceptors (Lipinski definition) is 7. The molecule has 0 unspecified atom stereocenters. The van der Waals surface area contributed by atoms with E-state index in [0.29, 0.717) is 30.4 Å². The molecule has 1 saturated heterocycles. The zero-order chi connectivity index (χ0) is 20.9. The first-order chi connectivity index (χ1) is 14.6. The lowest BCUT2D eigenvalue weighted by Gasteiger charge is -2.31. The lowest BCUT2D eigenvalue weighted by atomic mass is 9.96. The van der Waals surface area contributed by atoms with Crippen LogP contribution in [0, 0.1) is 0 Å². The van der Waals surface area contributed by atoms with Crippen molar-refractivity contribution in [3.05, 3.63) is 58.1 Å². The molecule has 0 radical (unpaired) electrons. The van der Waals surface area contributed by atoms with Crippen LogP contribution in [0.5, 0.6) is 11.5 Å². The van der Waals surface area contributed by atoms with Crippen molar-refractivity contribution in [2.75, 3.05) is 26.8 Å². The molecular formula is C21H22N4O4S. The number of thiazole rings is 1. The first-order valence-corrected chi connectivity index (χ1v) is 10.6. The summed E-state index contributed by atoms with van der Waals surface area (Å²) < 4.78 is 10.7. The van der Waals surface area contributed by atoms with Crippen molar-refractivity contribution in [3.63, 3.8) is 0 Å². The highest BCUT2D eigenvalue weighted by Gasteiger charge is 2.26.